The SMILES string of the molecule is CCc1ccc(C(C(=O)NC2CCCCC2)N(C)C(=O)C(C)NC(=O)OC(C)(C)C)cc1. The number of likely N-dealkylation sites (N-methyl/N-ethyl adjacent to an activating group) is 1. The molecule has 0 heterocycles. The van der Waals surface area contributed by atoms with E-state index in [0.717, 1.165) is 43.2 Å². The molecule has 1 saturated carbocycles. The molecule has 0 saturated heterocycles. The summed E-state index contributed by atoms with van der Waals surface area (Å²) < 4.78 is 5.26. The number of benzene rings is 1. The van der Waals surface area contributed by atoms with Crippen LogP contribution in [-0.4, -0.2) is 47.5 Å². The van der Waals surface area contributed by atoms with Crippen molar-refractivity contribution in [1.29, 1.82) is 0 Å². The second-order valence-corrected chi connectivity index (χ2v) is 9.66. The van der Waals surface area contributed by atoms with Crippen molar-refractivity contribution in [3.63, 3.8) is 0 Å². The topological polar surface area (TPSA) is 87.7 Å². The molecular formula is C25H39N3O4. The molecule has 2 atom stereocenters. The lowest BCUT2D eigenvalue weighted by Gasteiger charge is -2.32. The van der Waals surface area contributed by atoms with Crippen LogP contribution in [-0.2, 0) is 20.7 Å². The minimum absolute atomic E-state index is 0.134. The van der Waals surface area contributed by atoms with E-state index in [4.69, 9.17) is 4.74 Å². The highest BCUT2D eigenvalue weighted by atomic mass is 16.6. The molecule has 1 aliphatic rings. The lowest BCUT2D eigenvalue weighted by molar-refractivity contribution is -0.140. The van der Waals surface area contributed by atoms with E-state index in [1.54, 1.807) is 34.7 Å². The van der Waals surface area contributed by atoms with E-state index in [-0.39, 0.29) is 17.9 Å². The van der Waals surface area contributed by atoms with E-state index in [0.29, 0.717) is 0 Å². The van der Waals surface area contributed by atoms with Gasteiger partial charge in [-0.2, -0.15) is 0 Å². The Kier molecular flexibility index (Phi) is 9.10. The Labute approximate surface area is 192 Å². The summed E-state index contributed by atoms with van der Waals surface area (Å²) in [4.78, 5) is 40.0. The summed E-state index contributed by atoms with van der Waals surface area (Å²) in [5.41, 5.74) is 1.24. The molecule has 2 unspecified atom stereocenters. The van der Waals surface area contributed by atoms with Gasteiger partial charge in [0, 0.05) is 13.1 Å². The van der Waals surface area contributed by atoms with Gasteiger partial charge in [-0.15, -0.1) is 0 Å². The summed E-state index contributed by atoms with van der Waals surface area (Å²) in [6.45, 7) is 8.95. The quantitative estimate of drug-likeness (QED) is 0.661. The molecule has 3 amide bonds. The Hall–Kier alpha value is -2.57. The molecule has 0 aromatic heterocycles. The second-order valence-electron chi connectivity index (χ2n) is 9.66. The molecular weight excluding hydrogens is 406 g/mol. The second kappa shape index (κ2) is 11.3. The van der Waals surface area contributed by atoms with Crippen molar-refractivity contribution in [2.45, 2.75) is 96.9 Å². The Balaban J connectivity index is 2.19. The van der Waals surface area contributed by atoms with E-state index in [2.05, 4.69) is 17.6 Å². The van der Waals surface area contributed by atoms with Gasteiger partial charge in [0.15, 0.2) is 0 Å². The van der Waals surface area contributed by atoms with Crippen LogP contribution < -0.4 is 10.6 Å². The molecule has 1 aromatic rings. The van der Waals surface area contributed by atoms with Crippen LogP contribution in [0.25, 0.3) is 0 Å². The van der Waals surface area contributed by atoms with Crippen LogP contribution in [0.1, 0.15) is 83.9 Å². The van der Waals surface area contributed by atoms with Crippen molar-refractivity contribution in [3.05, 3.63) is 35.4 Å². The number of amides is 3. The van der Waals surface area contributed by atoms with Gasteiger partial charge in [-0.3, -0.25) is 9.59 Å². The van der Waals surface area contributed by atoms with Gasteiger partial charge in [0.25, 0.3) is 0 Å². The van der Waals surface area contributed by atoms with Crippen LogP contribution in [0, 0.1) is 0 Å². The fourth-order valence-electron chi connectivity index (χ4n) is 3.99. The van der Waals surface area contributed by atoms with Crippen molar-refractivity contribution in [3.8, 4) is 0 Å². The molecule has 0 radical (unpaired) electrons. The molecule has 1 aliphatic carbocycles. The Morgan fingerprint density at radius 3 is 2.22 bits per heavy atom. The zero-order valence-electron chi connectivity index (χ0n) is 20.4. The minimum atomic E-state index is -0.838. The van der Waals surface area contributed by atoms with Gasteiger partial charge in [-0.25, -0.2) is 4.79 Å². The van der Waals surface area contributed by atoms with Gasteiger partial charge in [0.1, 0.15) is 17.7 Å². The third-order valence-corrected chi connectivity index (χ3v) is 5.74. The van der Waals surface area contributed by atoms with Crippen LogP contribution in [0.5, 0.6) is 0 Å². The number of nitrogens with zero attached hydrogens (tertiary/aromatic N) is 1. The van der Waals surface area contributed by atoms with Gasteiger partial charge < -0.3 is 20.3 Å². The first-order valence-corrected chi connectivity index (χ1v) is 11.7. The van der Waals surface area contributed by atoms with Crippen LogP contribution in [0.2, 0.25) is 0 Å². The summed E-state index contributed by atoms with van der Waals surface area (Å²) in [7, 11) is 1.61. The highest BCUT2D eigenvalue weighted by Crippen LogP contribution is 2.24. The minimum Gasteiger partial charge on any atom is -0.444 e. The van der Waals surface area contributed by atoms with Crippen LogP contribution in [0.15, 0.2) is 24.3 Å². The highest BCUT2D eigenvalue weighted by molar-refractivity contribution is 5.91. The number of nitrogens with one attached hydrogen (secondary N) is 2. The predicted molar refractivity (Wildman–Crippen MR) is 125 cm³/mol. The van der Waals surface area contributed by atoms with E-state index < -0.39 is 23.8 Å². The monoisotopic (exact) mass is 445 g/mol. The van der Waals surface area contributed by atoms with Gasteiger partial charge >= 0.3 is 6.09 Å². The molecule has 1 fully saturated rings. The van der Waals surface area contributed by atoms with Crippen molar-refractivity contribution in [2.24, 2.45) is 0 Å². The third kappa shape index (κ3) is 7.53. The van der Waals surface area contributed by atoms with E-state index in [1.807, 2.05) is 24.3 Å². The number of rotatable bonds is 7. The molecule has 2 rings (SSSR count). The zero-order valence-corrected chi connectivity index (χ0v) is 20.4. The molecule has 1 aromatic carbocycles. The first-order chi connectivity index (χ1) is 15.0. The maximum Gasteiger partial charge on any atom is 0.408 e. The number of carbonyl (C=O) groups excluding carboxylic acids is 3. The van der Waals surface area contributed by atoms with Gasteiger partial charge in [0.05, 0.1) is 0 Å². The molecule has 7 nitrogen and oxygen atoms in total. The van der Waals surface area contributed by atoms with Gasteiger partial charge in [-0.1, -0.05) is 50.5 Å². The molecule has 0 aliphatic heterocycles. The van der Waals surface area contributed by atoms with Crippen molar-refractivity contribution in [2.75, 3.05) is 7.05 Å². The maximum atomic E-state index is 13.3. The van der Waals surface area contributed by atoms with E-state index in [1.165, 1.54) is 11.3 Å². The van der Waals surface area contributed by atoms with Gasteiger partial charge in [-0.05, 0) is 58.1 Å². The summed E-state index contributed by atoms with van der Waals surface area (Å²) in [6.07, 6.45) is 5.55. The summed E-state index contributed by atoms with van der Waals surface area (Å²) in [6, 6.07) is 6.29. The molecule has 0 spiro atoms. The first kappa shape index (κ1) is 25.7. The number of carbonyl (C=O) groups is 3. The number of aryl methyl sites for hydroxylation is 1. The number of ether oxygens (including phenoxy) is 1. The molecule has 2 N–H and O–H groups in total. The fourth-order valence-corrected chi connectivity index (χ4v) is 3.99. The summed E-state index contributed by atoms with van der Waals surface area (Å²) >= 11 is 0. The maximum absolute atomic E-state index is 13.3. The van der Waals surface area contributed by atoms with Crippen LogP contribution in [0.4, 0.5) is 4.79 Å². The average molecular weight is 446 g/mol. The van der Waals surface area contributed by atoms with Crippen molar-refractivity contribution < 1.29 is 19.1 Å². The third-order valence-electron chi connectivity index (χ3n) is 5.74. The van der Waals surface area contributed by atoms with Gasteiger partial charge in [0.2, 0.25) is 11.8 Å². The molecule has 178 valence electrons. The predicted octanol–water partition coefficient (Wildman–Crippen LogP) is 4.11. The van der Waals surface area contributed by atoms with Crippen LogP contribution >= 0.6 is 0 Å². The molecule has 32 heavy (non-hydrogen) atoms. The number of hydrogen-bond acceptors (Lipinski definition) is 4. The smallest absolute Gasteiger partial charge is 0.408 e. The van der Waals surface area contributed by atoms with Crippen molar-refractivity contribution in [1.82, 2.24) is 15.5 Å². The van der Waals surface area contributed by atoms with E-state index >= 15 is 0 Å². The molecule has 7 heteroatoms. The van der Waals surface area contributed by atoms with Crippen LogP contribution in [0.3, 0.4) is 0 Å². The Morgan fingerprint density at radius 1 is 1.09 bits per heavy atom. The fraction of sp³-hybridized carbons (Fsp3) is 0.640. The average Bonchev–Trinajstić information content (AvgIpc) is 2.73. The standard InChI is InChI=1S/C25H39N3O4/c1-7-18-13-15-19(16-14-18)21(22(29)27-20-11-9-8-10-12-20)28(6)23(30)17(2)26-24(31)32-25(3,4)5/h13-17,20-21H,7-12H2,1-6H3,(H,26,31)(H,27,29). The lowest BCUT2D eigenvalue weighted by Crippen LogP contribution is -2.51. The number of alkyl carbamates (subject to hydrolysis) is 1. The normalized spacial score (nSPS) is 16.6. The summed E-state index contributed by atoms with van der Waals surface area (Å²) in [5, 5.41) is 5.73. The lowest BCUT2D eigenvalue weighted by atomic mass is 9.94. The summed E-state index contributed by atoms with van der Waals surface area (Å²) in [5.74, 6) is -0.555. The largest absolute Gasteiger partial charge is 0.444 e. The Bertz CT molecular complexity index is 779. The Morgan fingerprint density at radius 2 is 1.69 bits per heavy atom. The van der Waals surface area contributed by atoms with Crippen molar-refractivity contribution >= 4 is 17.9 Å². The highest BCUT2D eigenvalue weighted by Gasteiger charge is 2.33. The number of hydrogen-bond donors (Lipinski definition) is 2. The zero-order chi connectivity index (χ0) is 23.9. The first-order valence-electron chi connectivity index (χ1n) is 11.7. The van der Waals surface area contributed by atoms with E-state index in [9.17, 15) is 14.4 Å². The molecule has 0 bridgehead atoms.